The molecule has 1 N–H and O–H groups in total. The van der Waals surface area contributed by atoms with Crippen LogP contribution in [0.2, 0.25) is 0 Å². The third kappa shape index (κ3) is 2.47. The van der Waals surface area contributed by atoms with Gasteiger partial charge < -0.3 is 9.52 Å². The Morgan fingerprint density at radius 1 is 1.40 bits per heavy atom. The number of para-hydroxylation sites is 1. The van der Waals surface area contributed by atoms with E-state index in [1.807, 2.05) is 6.07 Å². The Morgan fingerprint density at radius 2 is 2.25 bits per heavy atom. The van der Waals surface area contributed by atoms with Crippen molar-refractivity contribution in [2.45, 2.75) is 45.1 Å². The molecule has 1 fully saturated rings. The van der Waals surface area contributed by atoms with Crippen LogP contribution >= 0.6 is 0 Å². The molecule has 0 bridgehead atoms. The van der Waals surface area contributed by atoms with Gasteiger partial charge in [-0.05, 0) is 36.8 Å². The Labute approximate surface area is 118 Å². The molecule has 1 aromatic heterocycles. The Hall–Kier alpha value is -1.35. The van der Waals surface area contributed by atoms with E-state index in [-0.39, 0.29) is 17.3 Å². The lowest BCUT2D eigenvalue weighted by atomic mass is 9.77. The number of fused-ring (bicyclic) bond motifs is 1. The van der Waals surface area contributed by atoms with E-state index in [0.717, 1.165) is 31.1 Å². The Balaban J connectivity index is 1.84. The molecule has 0 spiro atoms. The summed E-state index contributed by atoms with van der Waals surface area (Å²) in [6.45, 7) is 2.20. The van der Waals surface area contributed by atoms with Gasteiger partial charge in [0.15, 0.2) is 11.4 Å². The maximum Gasteiger partial charge on any atom is 0.170 e. The second-order valence-electron chi connectivity index (χ2n) is 5.95. The van der Waals surface area contributed by atoms with Gasteiger partial charge in [-0.2, -0.15) is 0 Å². The Kier molecular flexibility index (Phi) is 3.79. The third-order valence-electron chi connectivity index (χ3n) is 4.65. The summed E-state index contributed by atoms with van der Waals surface area (Å²) in [7, 11) is 0. The number of aliphatic hydroxyl groups is 1. The van der Waals surface area contributed by atoms with Crippen LogP contribution < -0.4 is 0 Å². The van der Waals surface area contributed by atoms with Gasteiger partial charge in [-0.1, -0.05) is 38.3 Å². The zero-order chi connectivity index (χ0) is 14.1. The first-order valence-electron chi connectivity index (χ1n) is 7.55. The summed E-state index contributed by atoms with van der Waals surface area (Å²) in [4.78, 5) is 0. The minimum Gasteiger partial charge on any atom is -0.455 e. The zero-order valence-electron chi connectivity index (χ0n) is 11.8. The predicted octanol–water partition coefficient (Wildman–Crippen LogP) is 4.82. The van der Waals surface area contributed by atoms with Gasteiger partial charge in [0.2, 0.25) is 0 Å². The maximum atomic E-state index is 13.6. The van der Waals surface area contributed by atoms with E-state index in [4.69, 9.17) is 4.42 Å². The number of furan rings is 1. The molecule has 3 heteroatoms. The summed E-state index contributed by atoms with van der Waals surface area (Å²) in [6.07, 6.45) is 5.03. The lowest BCUT2D eigenvalue weighted by molar-refractivity contribution is 0.0518. The highest BCUT2D eigenvalue weighted by Gasteiger charge is 2.29. The number of benzene rings is 1. The second kappa shape index (κ2) is 5.57. The molecule has 1 aliphatic carbocycles. The van der Waals surface area contributed by atoms with E-state index >= 15 is 0 Å². The van der Waals surface area contributed by atoms with Crippen LogP contribution in [0, 0.1) is 17.7 Å². The fraction of sp³-hybridized carbons (Fsp3) is 0.529. The molecule has 0 aliphatic heterocycles. The van der Waals surface area contributed by atoms with Crippen molar-refractivity contribution in [3.63, 3.8) is 0 Å². The minimum absolute atomic E-state index is 0.234. The SMILES string of the molecule is CCC1CCCC(C(O)c2cc3cccc(F)c3o2)C1. The van der Waals surface area contributed by atoms with Crippen LogP contribution in [0.1, 0.15) is 50.9 Å². The maximum absolute atomic E-state index is 13.6. The van der Waals surface area contributed by atoms with E-state index < -0.39 is 6.10 Å². The van der Waals surface area contributed by atoms with E-state index in [2.05, 4.69) is 6.92 Å². The smallest absolute Gasteiger partial charge is 0.170 e. The molecule has 0 saturated heterocycles. The van der Waals surface area contributed by atoms with Crippen molar-refractivity contribution < 1.29 is 13.9 Å². The van der Waals surface area contributed by atoms with E-state index in [9.17, 15) is 9.50 Å². The number of hydrogen-bond donors (Lipinski definition) is 1. The van der Waals surface area contributed by atoms with Gasteiger partial charge >= 0.3 is 0 Å². The van der Waals surface area contributed by atoms with Crippen molar-refractivity contribution >= 4 is 11.0 Å². The number of aliphatic hydroxyl groups excluding tert-OH is 1. The van der Waals surface area contributed by atoms with Crippen molar-refractivity contribution in [1.82, 2.24) is 0 Å². The highest BCUT2D eigenvalue weighted by molar-refractivity contribution is 5.78. The Bertz CT molecular complexity index is 590. The first-order chi connectivity index (χ1) is 9.69. The summed E-state index contributed by atoms with van der Waals surface area (Å²) < 4.78 is 19.2. The van der Waals surface area contributed by atoms with Crippen LogP contribution in [0.4, 0.5) is 4.39 Å². The van der Waals surface area contributed by atoms with E-state index in [0.29, 0.717) is 11.7 Å². The second-order valence-corrected chi connectivity index (χ2v) is 5.95. The van der Waals surface area contributed by atoms with Gasteiger partial charge in [0.05, 0.1) is 0 Å². The van der Waals surface area contributed by atoms with Gasteiger partial charge in [0.1, 0.15) is 11.9 Å². The van der Waals surface area contributed by atoms with Gasteiger partial charge in [-0.3, -0.25) is 0 Å². The van der Waals surface area contributed by atoms with Crippen molar-refractivity contribution in [3.05, 3.63) is 35.8 Å². The molecule has 3 unspecified atom stereocenters. The first-order valence-corrected chi connectivity index (χ1v) is 7.55. The standard InChI is InChI=1S/C17H21FO2/c1-2-11-5-3-6-12(9-11)16(19)15-10-13-7-4-8-14(18)17(13)20-15/h4,7-8,10-12,16,19H,2-3,5-6,9H2,1H3. The molecule has 3 rings (SSSR count). The molecule has 2 nitrogen and oxygen atoms in total. The highest BCUT2D eigenvalue weighted by atomic mass is 19.1. The minimum atomic E-state index is -0.615. The quantitative estimate of drug-likeness (QED) is 0.871. The molecule has 20 heavy (non-hydrogen) atoms. The fourth-order valence-electron chi connectivity index (χ4n) is 3.42. The normalized spacial score (nSPS) is 24.9. The molecule has 3 atom stereocenters. The van der Waals surface area contributed by atoms with Crippen molar-refractivity contribution in [3.8, 4) is 0 Å². The summed E-state index contributed by atoms with van der Waals surface area (Å²) in [5, 5.41) is 11.3. The third-order valence-corrected chi connectivity index (χ3v) is 4.65. The average Bonchev–Trinajstić information content (AvgIpc) is 2.92. The average molecular weight is 276 g/mol. The summed E-state index contributed by atoms with van der Waals surface area (Å²) in [5.41, 5.74) is 0.254. The molecule has 0 radical (unpaired) electrons. The van der Waals surface area contributed by atoms with Crippen LogP contribution in [0.3, 0.4) is 0 Å². The number of halogens is 1. The largest absolute Gasteiger partial charge is 0.455 e. The van der Waals surface area contributed by atoms with Gasteiger partial charge in [-0.25, -0.2) is 4.39 Å². The molecule has 0 amide bonds. The fourth-order valence-corrected chi connectivity index (χ4v) is 3.42. The molecule has 1 aromatic carbocycles. The van der Waals surface area contributed by atoms with Crippen molar-refractivity contribution in [1.29, 1.82) is 0 Å². The van der Waals surface area contributed by atoms with E-state index in [1.165, 1.54) is 12.5 Å². The van der Waals surface area contributed by atoms with E-state index in [1.54, 1.807) is 12.1 Å². The Morgan fingerprint density at radius 3 is 3.00 bits per heavy atom. The molecule has 1 heterocycles. The lowest BCUT2D eigenvalue weighted by Gasteiger charge is -2.30. The summed E-state index contributed by atoms with van der Waals surface area (Å²) in [6, 6.07) is 6.64. The monoisotopic (exact) mass is 276 g/mol. The molecular weight excluding hydrogens is 255 g/mol. The predicted molar refractivity (Wildman–Crippen MR) is 76.9 cm³/mol. The van der Waals surface area contributed by atoms with Crippen molar-refractivity contribution in [2.75, 3.05) is 0 Å². The van der Waals surface area contributed by atoms with Crippen molar-refractivity contribution in [2.24, 2.45) is 11.8 Å². The molecule has 2 aromatic rings. The highest BCUT2D eigenvalue weighted by Crippen LogP contribution is 2.39. The van der Waals surface area contributed by atoms with Gasteiger partial charge in [0, 0.05) is 5.39 Å². The molecule has 108 valence electrons. The van der Waals surface area contributed by atoms with Crippen LogP contribution in [-0.2, 0) is 0 Å². The topological polar surface area (TPSA) is 33.4 Å². The van der Waals surface area contributed by atoms with Gasteiger partial charge in [0.25, 0.3) is 0 Å². The summed E-state index contributed by atoms with van der Waals surface area (Å²) >= 11 is 0. The number of hydrogen-bond acceptors (Lipinski definition) is 2. The molecule has 1 saturated carbocycles. The first kappa shape index (κ1) is 13.6. The van der Waals surface area contributed by atoms with Crippen LogP contribution in [0.5, 0.6) is 0 Å². The zero-order valence-corrected chi connectivity index (χ0v) is 11.8. The van der Waals surface area contributed by atoms with Crippen LogP contribution in [0.15, 0.2) is 28.7 Å². The van der Waals surface area contributed by atoms with Gasteiger partial charge in [-0.15, -0.1) is 0 Å². The lowest BCUT2D eigenvalue weighted by Crippen LogP contribution is -2.21. The molecule has 1 aliphatic rings. The molecular formula is C17H21FO2. The van der Waals surface area contributed by atoms with Crippen LogP contribution in [-0.4, -0.2) is 5.11 Å². The summed E-state index contributed by atoms with van der Waals surface area (Å²) in [5.74, 6) is 1.07. The number of rotatable bonds is 3. The van der Waals surface area contributed by atoms with Crippen LogP contribution in [0.25, 0.3) is 11.0 Å².